The van der Waals surface area contributed by atoms with Gasteiger partial charge in [-0.15, -0.1) is 0 Å². The number of hydrogen-bond acceptors (Lipinski definition) is 5. The van der Waals surface area contributed by atoms with Gasteiger partial charge in [0.25, 0.3) is 5.91 Å². The van der Waals surface area contributed by atoms with Crippen LogP contribution in [0.2, 0.25) is 0 Å². The van der Waals surface area contributed by atoms with Gasteiger partial charge in [-0.2, -0.15) is 0 Å². The van der Waals surface area contributed by atoms with Gasteiger partial charge in [0.15, 0.2) is 11.4 Å². The van der Waals surface area contributed by atoms with E-state index in [4.69, 9.17) is 4.74 Å². The van der Waals surface area contributed by atoms with E-state index in [2.05, 4.69) is 10.3 Å². The Morgan fingerprint density at radius 1 is 1.09 bits per heavy atom. The van der Waals surface area contributed by atoms with Crippen LogP contribution in [0.5, 0.6) is 5.75 Å². The van der Waals surface area contributed by atoms with Gasteiger partial charge >= 0.3 is 0 Å². The molecule has 0 aliphatic heterocycles. The van der Waals surface area contributed by atoms with Crippen molar-refractivity contribution in [1.82, 2.24) is 14.7 Å². The summed E-state index contributed by atoms with van der Waals surface area (Å²) in [6.07, 6.45) is -0.407. The molecule has 0 bridgehead atoms. The van der Waals surface area contributed by atoms with E-state index in [0.29, 0.717) is 22.5 Å². The summed E-state index contributed by atoms with van der Waals surface area (Å²) in [6, 6.07) is 13.8. The van der Waals surface area contributed by atoms with Crippen LogP contribution >= 0.6 is 0 Å². The SMILES string of the molecule is Cc1nc2c(OCc3c(F)cccc3F)cccn2c1C(=O)NCc1ccccc1[C@@H](O)[C@H](C)O. The highest BCUT2D eigenvalue weighted by molar-refractivity contribution is 5.95. The molecule has 4 rings (SSSR count). The number of pyridine rings is 1. The summed E-state index contributed by atoms with van der Waals surface area (Å²) in [5.41, 5.74) is 2.03. The molecule has 9 heteroatoms. The fraction of sp³-hybridized carbons (Fsp3) is 0.231. The van der Waals surface area contributed by atoms with Gasteiger partial charge in [-0.05, 0) is 49.2 Å². The lowest BCUT2D eigenvalue weighted by molar-refractivity contribution is 0.0299. The van der Waals surface area contributed by atoms with Gasteiger partial charge in [-0.25, -0.2) is 13.8 Å². The van der Waals surface area contributed by atoms with E-state index in [-0.39, 0.29) is 30.2 Å². The molecular weight excluding hydrogens is 456 g/mol. The Morgan fingerprint density at radius 3 is 2.51 bits per heavy atom. The number of ether oxygens (including phenoxy) is 1. The van der Waals surface area contributed by atoms with Crippen LogP contribution in [0.25, 0.3) is 5.65 Å². The van der Waals surface area contributed by atoms with Crippen molar-refractivity contribution in [3.8, 4) is 5.75 Å². The Morgan fingerprint density at radius 2 is 1.80 bits per heavy atom. The van der Waals surface area contributed by atoms with Crippen LogP contribution in [0.15, 0.2) is 60.8 Å². The average Bonchev–Trinajstić information content (AvgIpc) is 3.18. The van der Waals surface area contributed by atoms with Crippen molar-refractivity contribution in [3.05, 3.63) is 101 Å². The largest absolute Gasteiger partial charge is 0.485 e. The van der Waals surface area contributed by atoms with E-state index in [1.54, 1.807) is 53.9 Å². The molecule has 0 radical (unpaired) electrons. The molecule has 0 fully saturated rings. The molecule has 0 saturated heterocycles. The number of fused-ring (bicyclic) bond motifs is 1. The van der Waals surface area contributed by atoms with Gasteiger partial charge < -0.3 is 20.3 Å². The molecule has 4 aromatic rings. The number of carbonyl (C=O) groups is 1. The Kier molecular flexibility index (Phi) is 7.09. The van der Waals surface area contributed by atoms with Crippen molar-refractivity contribution in [2.45, 2.75) is 39.2 Å². The smallest absolute Gasteiger partial charge is 0.270 e. The molecule has 2 heterocycles. The van der Waals surface area contributed by atoms with Crippen molar-refractivity contribution >= 4 is 11.6 Å². The fourth-order valence-corrected chi connectivity index (χ4v) is 3.87. The summed E-state index contributed by atoms with van der Waals surface area (Å²) in [7, 11) is 0. The van der Waals surface area contributed by atoms with Crippen LogP contribution in [-0.4, -0.2) is 31.6 Å². The van der Waals surface area contributed by atoms with Crippen LogP contribution in [0.3, 0.4) is 0 Å². The molecular formula is C26H25F2N3O4. The fourth-order valence-electron chi connectivity index (χ4n) is 3.87. The van der Waals surface area contributed by atoms with Crippen LogP contribution in [-0.2, 0) is 13.2 Å². The second kappa shape index (κ2) is 10.2. The predicted octanol–water partition coefficient (Wildman–Crippen LogP) is 3.84. The number of aromatic nitrogens is 2. The van der Waals surface area contributed by atoms with Crippen molar-refractivity contribution in [2.75, 3.05) is 0 Å². The maximum absolute atomic E-state index is 14.0. The molecule has 0 unspecified atom stereocenters. The van der Waals surface area contributed by atoms with Crippen molar-refractivity contribution in [2.24, 2.45) is 0 Å². The maximum Gasteiger partial charge on any atom is 0.270 e. The van der Waals surface area contributed by atoms with Gasteiger partial charge in [0.2, 0.25) is 0 Å². The highest BCUT2D eigenvalue weighted by Gasteiger charge is 2.21. The van der Waals surface area contributed by atoms with Crippen LogP contribution < -0.4 is 10.1 Å². The lowest BCUT2D eigenvalue weighted by atomic mass is 9.99. The van der Waals surface area contributed by atoms with E-state index >= 15 is 0 Å². The third kappa shape index (κ3) is 5.01. The molecule has 0 aliphatic rings. The molecule has 0 aliphatic carbocycles. The minimum atomic E-state index is -1.08. The van der Waals surface area contributed by atoms with Crippen molar-refractivity contribution in [3.63, 3.8) is 0 Å². The molecule has 7 nitrogen and oxygen atoms in total. The molecule has 35 heavy (non-hydrogen) atoms. The number of benzene rings is 2. The molecule has 0 spiro atoms. The minimum absolute atomic E-state index is 0.119. The van der Waals surface area contributed by atoms with Gasteiger partial charge in [0.1, 0.15) is 30.0 Å². The van der Waals surface area contributed by atoms with E-state index in [0.717, 1.165) is 12.1 Å². The van der Waals surface area contributed by atoms with E-state index in [9.17, 15) is 23.8 Å². The number of imidazole rings is 1. The molecule has 1 amide bonds. The number of aryl methyl sites for hydroxylation is 1. The van der Waals surface area contributed by atoms with Gasteiger partial charge in [-0.3, -0.25) is 9.20 Å². The normalized spacial score (nSPS) is 13.0. The summed E-state index contributed by atoms with van der Waals surface area (Å²) in [5.74, 6) is -1.56. The minimum Gasteiger partial charge on any atom is -0.485 e. The number of nitrogens with one attached hydrogen (secondary N) is 1. The molecule has 3 N–H and O–H groups in total. The number of rotatable bonds is 8. The van der Waals surface area contributed by atoms with Gasteiger partial charge in [0.05, 0.1) is 17.4 Å². The van der Waals surface area contributed by atoms with Crippen molar-refractivity contribution in [1.29, 1.82) is 0 Å². The summed E-state index contributed by atoms with van der Waals surface area (Å²) >= 11 is 0. The molecule has 0 saturated carbocycles. The van der Waals surface area contributed by atoms with E-state index < -0.39 is 29.7 Å². The first-order valence-electron chi connectivity index (χ1n) is 11.0. The van der Waals surface area contributed by atoms with Crippen LogP contribution in [0.4, 0.5) is 8.78 Å². The first-order valence-corrected chi connectivity index (χ1v) is 11.0. The molecule has 2 atom stereocenters. The number of halogens is 2. The summed E-state index contributed by atoms with van der Waals surface area (Å²) in [4.78, 5) is 17.5. The van der Waals surface area contributed by atoms with Gasteiger partial charge in [-0.1, -0.05) is 30.3 Å². The molecule has 182 valence electrons. The zero-order valence-electron chi connectivity index (χ0n) is 19.2. The average molecular weight is 481 g/mol. The number of nitrogens with zero attached hydrogens (tertiary/aromatic N) is 2. The zero-order chi connectivity index (χ0) is 25.1. The number of hydrogen-bond donors (Lipinski definition) is 3. The Labute approximate surface area is 200 Å². The number of carbonyl (C=O) groups excluding carboxylic acids is 1. The third-order valence-electron chi connectivity index (χ3n) is 5.71. The molecule has 2 aromatic carbocycles. The number of aliphatic hydroxyl groups excluding tert-OH is 2. The molecule has 2 aromatic heterocycles. The van der Waals surface area contributed by atoms with Crippen LogP contribution in [0.1, 0.15) is 45.9 Å². The lowest BCUT2D eigenvalue weighted by Crippen LogP contribution is -2.26. The van der Waals surface area contributed by atoms with E-state index in [1.165, 1.54) is 13.0 Å². The standard InChI is InChI=1S/C26H25F2N3O4/c1-15-23(26(34)29-13-17-7-3-4-8-18(17)24(33)16(2)32)31-12-6-11-22(25(31)30-15)35-14-19-20(27)9-5-10-21(19)28/h3-12,16,24,32-33H,13-14H2,1-2H3,(H,29,34)/t16-,24-/m0/s1. The van der Waals surface area contributed by atoms with E-state index in [1.807, 2.05) is 0 Å². The Balaban J connectivity index is 1.56. The zero-order valence-corrected chi connectivity index (χ0v) is 19.2. The van der Waals surface area contributed by atoms with Gasteiger partial charge in [0, 0.05) is 12.7 Å². The maximum atomic E-state index is 14.0. The summed E-state index contributed by atoms with van der Waals surface area (Å²) < 4.78 is 35.1. The second-order valence-electron chi connectivity index (χ2n) is 8.17. The second-order valence-corrected chi connectivity index (χ2v) is 8.17. The monoisotopic (exact) mass is 481 g/mol. The van der Waals surface area contributed by atoms with Crippen LogP contribution in [0, 0.1) is 18.6 Å². The number of amides is 1. The Hall–Kier alpha value is -3.82. The summed E-state index contributed by atoms with van der Waals surface area (Å²) in [6.45, 7) is 2.94. The topological polar surface area (TPSA) is 96.1 Å². The third-order valence-corrected chi connectivity index (χ3v) is 5.71. The highest BCUT2D eigenvalue weighted by atomic mass is 19.1. The predicted molar refractivity (Wildman–Crippen MR) is 125 cm³/mol. The highest BCUT2D eigenvalue weighted by Crippen LogP contribution is 2.25. The summed E-state index contributed by atoms with van der Waals surface area (Å²) in [5, 5.41) is 22.9. The first kappa shape index (κ1) is 24.3. The van der Waals surface area contributed by atoms with Crippen molar-refractivity contribution < 1.29 is 28.5 Å². The quantitative estimate of drug-likeness (QED) is 0.355. The first-order chi connectivity index (χ1) is 16.8. The lowest BCUT2D eigenvalue weighted by Gasteiger charge is -2.18. The number of aliphatic hydroxyl groups is 2. The Bertz CT molecular complexity index is 1350.